The average Bonchev–Trinajstić information content (AvgIpc) is 2.39. The van der Waals surface area contributed by atoms with Crippen molar-refractivity contribution < 1.29 is 9.53 Å². The van der Waals surface area contributed by atoms with Gasteiger partial charge in [-0.1, -0.05) is 32.0 Å². The third kappa shape index (κ3) is 5.31. The number of para-hydroxylation sites is 1. The summed E-state index contributed by atoms with van der Waals surface area (Å²) in [6.45, 7) is 7.68. The fraction of sp³-hybridized carbons (Fsp3) is 0.562. The Balaban J connectivity index is 2.69. The van der Waals surface area contributed by atoms with E-state index in [1.54, 1.807) is 7.11 Å². The van der Waals surface area contributed by atoms with E-state index in [1.807, 2.05) is 31.2 Å². The van der Waals surface area contributed by atoms with Crippen molar-refractivity contribution in [3.63, 3.8) is 0 Å². The van der Waals surface area contributed by atoms with Crippen LogP contribution in [0.4, 0.5) is 5.69 Å². The Hall–Kier alpha value is -1.39. The Bertz CT molecular complexity index is 421. The van der Waals surface area contributed by atoms with Crippen LogP contribution in [-0.2, 0) is 9.53 Å². The number of hydrogen-bond acceptors (Lipinski definition) is 3. The van der Waals surface area contributed by atoms with Gasteiger partial charge in [-0.2, -0.15) is 0 Å². The third-order valence-corrected chi connectivity index (χ3v) is 3.20. The molecular formula is C16H26N2O2. The number of nitrogens with one attached hydrogen (secondary N) is 2. The topological polar surface area (TPSA) is 50.4 Å². The standard InChI is InChI=1S/C16H26N2O2/c1-5-17-13(3)14-8-6-7-9-15(14)18-16(19)10-12(2)11-20-4/h6-9,12-13,17H,5,10-11H2,1-4H3,(H,18,19). The fourth-order valence-electron chi connectivity index (χ4n) is 2.27. The van der Waals surface area contributed by atoms with Gasteiger partial charge in [0, 0.05) is 31.9 Å². The number of ether oxygens (including phenoxy) is 1. The molecule has 0 saturated carbocycles. The molecule has 0 aliphatic rings. The Kier molecular flexibility index (Phi) is 7.26. The monoisotopic (exact) mass is 278 g/mol. The van der Waals surface area contributed by atoms with Gasteiger partial charge in [0.05, 0.1) is 0 Å². The first-order chi connectivity index (χ1) is 9.58. The van der Waals surface area contributed by atoms with E-state index in [2.05, 4.69) is 24.5 Å². The summed E-state index contributed by atoms with van der Waals surface area (Å²) in [6, 6.07) is 8.14. The van der Waals surface area contributed by atoms with Gasteiger partial charge in [-0.3, -0.25) is 4.79 Å². The van der Waals surface area contributed by atoms with Crippen molar-refractivity contribution in [3.05, 3.63) is 29.8 Å². The molecule has 2 atom stereocenters. The molecule has 0 saturated heterocycles. The molecule has 0 aliphatic carbocycles. The van der Waals surface area contributed by atoms with Crippen LogP contribution in [0.2, 0.25) is 0 Å². The Morgan fingerprint density at radius 1 is 1.30 bits per heavy atom. The van der Waals surface area contributed by atoms with Crippen molar-refractivity contribution in [2.45, 2.75) is 33.2 Å². The molecule has 0 bridgehead atoms. The lowest BCUT2D eigenvalue weighted by molar-refractivity contribution is -0.117. The molecule has 2 unspecified atom stereocenters. The summed E-state index contributed by atoms with van der Waals surface area (Å²) in [4.78, 5) is 12.0. The van der Waals surface area contributed by atoms with Gasteiger partial charge >= 0.3 is 0 Å². The van der Waals surface area contributed by atoms with Gasteiger partial charge < -0.3 is 15.4 Å². The molecule has 0 aliphatic heterocycles. The van der Waals surface area contributed by atoms with Crippen LogP contribution in [0.25, 0.3) is 0 Å². The number of carbonyl (C=O) groups excluding carboxylic acids is 1. The lowest BCUT2D eigenvalue weighted by Crippen LogP contribution is -2.22. The van der Waals surface area contributed by atoms with Crippen LogP contribution in [0.1, 0.15) is 38.8 Å². The highest BCUT2D eigenvalue weighted by atomic mass is 16.5. The lowest BCUT2D eigenvalue weighted by Gasteiger charge is -2.18. The van der Waals surface area contributed by atoms with E-state index in [-0.39, 0.29) is 17.9 Å². The van der Waals surface area contributed by atoms with Gasteiger partial charge in [-0.15, -0.1) is 0 Å². The molecule has 1 aromatic rings. The van der Waals surface area contributed by atoms with Crippen LogP contribution in [0.15, 0.2) is 24.3 Å². The van der Waals surface area contributed by atoms with Gasteiger partial charge in [0.15, 0.2) is 0 Å². The van der Waals surface area contributed by atoms with E-state index in [4.69, 9.17) is 4.74 Å². The van der Waals surface area contributed by atoms with Crippen LogP contribution < -0.4 is 10.6 Å². The van der Waals surface area contributed by atoms with Crippen LogP contribution in [0.3, 0.4) is 0 Å². The van der Waals surface area contributed by atoms with E-state index >= 15 is 0 Å². The molecule has 20 heavy (non-hydrogen) atoms. The number of carbonyl (C=O) groups is 1. The number of hydrogen-bond donors (Lipinski definition) is 2. The van der Waals surface area contributed by atoms with Gasteiger partial charge in [-0.25, -0.2) is 0 Å². The van der Waals surface area contributed by atoms with Crippen LogP contribution in [0.5, 0.6) is 0 Å². The zero-order chi connectivity index (χ0) is 15.0. The van der Waals surface area contributed by atoms with Gasteiger partial charge in [0.1, 0.15) is 0 Å². The molecule has 0 radical (unpaired) electrons. The summed E-state index contributed by atoms with van der Waals surface area (Å²) in [5.41, 5.74) is 2.00. The normalized spacial score (nSPS) is 13.8. The lowest BCUT2D eigenvalue weighted by atomic mass is 10.0. The van der Waals surface area contributed by atoms with Crippen LogP contribution in [-0.4, -0.2) is 26.2 Å². The second-order valence-corrected chi connectivity index (χ2v) is 5.18. The number of anilines is 1. The Labute approximate surface area is 121 Å². The van der Waals surface area contributed by atoms with Crippen LogP contribution >= 0.6 is 0 Å². The largest absolute Gasteiger partial charge is 0.384 e. The predicted molar refractivity (Wildman–Crippen MR) is 82.8 cm³/mol. The molecule has 2 N–H and O–H groups in total. The minimum Gasteiger partial charge on any atom is -0.384 e. The summed E-state index contributed by atoms with van der Waals surface area (Å²) in [7, 11) is 1.65. The predicted octanol–water partition coefficient (Wildman–Crippen LogP) is 2.97. The third-order valence-electron chi connectivity index (χ3n) is 3.20. The summed E-state index contributed by atoms with van der Waals surface area (Å²) in [5.74, 6) is 0.254. The van der Waals surface area contributed by atoms with Crippen LogP contribution in [0, 0.1) is 5.92 Å². The fourth-order valence-corrected chi connectivity index (χ4v) is 2.27. The smallest absolute Gasteiger partial charge is 0.224 e. The van der Waals surface area contributed by atoms with E-state index < -0.39 is 0 Å². The summed E-state index contributed by atoms with van der Waals surface area (Å²) >= 11 is 0. The molecule has 4 heteroatoms. The van der Waals surface area contributed by atoms with Crippen molar-refractivity contribution in [3.8, 4) is 0 Å². The highest BCUT2D eigenvalue weighted by Crippen LogP contribution is 2.22. The number of methoxy groups -OCH3 is 1. The SMILES string of the molecule is CCNC(C)c1ccccc1NC(=O)CC(C)COC. The van der Waals surface area contributed by atoms with Crippen molar-refractivity contribution in [1.29, 1.82) is 0 Å². The molecule has 1 amide bonds. The van der Waals surface area contributed by atoms with E-state index in [0.717, 1.165) is 17.8 Å². The summed E-state index contributed by atoms with van der Waals surface area (Å²) in [5, 5.41) is 6.37. The second-order valence-electron chi connectivity index (χ2n) is 5.18. The maximum absolute atomic E-state index is 12.0. The highest BCUT2D eigenvalue weighted by Gasteiger charge is 2.13. The maximum Gasteiger partial charge on any atom is 0.224 e. The number of rotatable bonds is 8. The number of amides is 1. The van der Waals surface area contributed by atoms with E-state index in [0.29, 0.717) is 13.0 Å². The van der Waals surface area contributed by atoms with Gasteiger partial charge in [0.25, 0.3) is 0 Å². The molecule has 0 fully saturated rings. The molecule has 0 aromatic heterocycles. The summed E-state index contributed by atoms with van der Waals surface area (Å²) < 4.78 is 5.06. The average molecular weight is 278 g/mol. The zero-order valence-corrected chi connectivity index (χ0v) is 12.9. The first kappa shape index (κ1) is 16.7. The molecule has 1 rings (SSSR count). The van der Waals surface area contributed by atoms with Gasteiger partial charge in [-0.05, 0) is 31.0 Å². The van der Waals surface area contributed by atoms with Crippen molar-refractivity contribution in [2.75, 3.05) is 25.6 Å². The molecule has 0 heterocycles. The minimum atomic E-state index is 0.0331. The quantitative estimate of drug-likeness (QED) is 0.768. The Morgan fingerprint density at radius 3 is 2.65 bits per heavy atom. The van der Waals surface area contributed by atoms with E-state index in [1.165, 1.54) is 0 Å². The van der Waals surface area contributed by atoms with Crippen molar-refractivity contribution in [2.24, 2.45) is 5.92 Å². The first-order valence-electron chi connectivity index (χ1n) is 7.19. The highest BCUT2D eigenvalue weighted by molar-refractivity contribution is 5.91. The first-order valence-corrected chi connectivity index (χ1v) is 7.19. The van der Waals surface area contributed by atoms with E-state index in [9.17, 15) is 4.79 Å². The number of benzene rings is 1. The Morgan fingerprint density at radius 2 is 2.00 bits per heavy atom. The van der Waals surface area contributed by atoms with Gasteiger partial charge in [0.2, 0.25) is 5.91 Å². The minimum absolute atomic E-state index is 0.0331. The molecule has 1 aromatic carbocycles. The maximum atomic E-state index is 12.0. The zero-order valence-electron chi connectivity index (χ0n) is 12.9. The molecule has 4 nitrogen and oxygen atoms in total. The van der Waals surface area contributed by atoms with Crippen molar-refractivity contribution in [1.82, 2.24) is 5.32 Å². The molecule has 0 spiro atoms. The molecule has 112 valence electrons. The molecular weight excluding hydrogens is 252 g/mol. The summed E-state index contributed by atoms with van der Waals surface area (Å²) in [6.07, 6.45) is 0.470. The second kappa shape index (κ2) is 8.72. The van der Waals surface area contributed by atoms with Crippen molar-refractivity contribution >= 4 is 11.6 Å².